The van der Waals surface area contributed by atoms with Gasteiger partial charge in [-0.3, -0.25) is 0 Å². The summed E-state index contributed by atoms with van der Waals surface area (Å²) in [6.45, 7) is 4.47. The van der Waals surface area contributed by atoms with Crippen LogP contribution in [0.5, 0.6) is 0 Å². The predicted molar refractivity (Wildman–Crippen MR) is 74.1 cm³/mol. The molecule has 1 N–H and O–H groups in total. The zero-order valence-corrected chi connectivity index (χ0v) is 11.3. The maximum absolute atomic E-state index is 8.93. The Morgan fingerprint density at radius 2 is 2.00 bits per heavy atom. The quantitative estimate of drug-likeness (QED) is 0.872. The van der Waals surface area contributed by atoms with Gasteiger partial charge in [0, 0.05) is 12.1 Å². The molecule has 0 aromatic heterocycles. The minimum Gasteiger partial charge on any atom is -0.307 e. The Hall–Kier alpha value is -1.33. The van der Waals surface area contributed by atoms with E-state index >= 15 is 0 Å². The van der Waals surface area contributed by atoms with E-state index in [0.717, 1.165) is 11.5 Å². The first-order valence-corrected chi connectivity index (χ1v) is 6.97. The van der Waals surface area contributed by atoms with Crippen molar-refractivity contribution in [3.05, 3.63) is 35.4 Å². The smallest absolute Gasteiger partial charge is 0.0991 e. The summed E-state index contributed by atoms with van der Waals surface area (Å²) >= 11 is 0. The van der Waals surface area contributed by atoms with Crippen molar-refractivity contribution in [2.45, 2.75) is 51.6 Å². The normalized spacial score (nSPS) is 19.4. The number of nitriles is 1. The van der Waals surface area contributed by atoms with Crippen molar-refractivity contribution in [2.75, 3.05) is 0 Å². The Bertz CT molecular complexity index is 427. The average Bonchev–Trinajstić information content (AvgIpc) is 2.92. The molecule has 2 atom stereocenters. The topological polar surface area (TPSA) is 35.8 Å². The number of hydrogen-bond donors (Lipinski definition) is 1. The Balaban J connectivity index is 1.98. The van der Waals surface area contributed by atoms with Crippen molar-refractivity contribution in [2.24, 2.45) is 5.92 Å². The Kier molecular flexibility index (Phi) is 4.38. The molecule has 0 amide bonds. The highest BCUT2D eigenvalue weighted by molar-refractivity contribution is 5.34. The van der Waals surface area contributed by atoms with Gasteiger partial charge < -0.3 is 5.32 Å². The second-order valence-electron chi connectivity index (χ2n) is 5.46. The van der Waals surface area contributed by atoms with Crippen LogP contribution in [0.2, 0.25) is 0 Å². The van der Waals surface area contributed by atoms with Crippen LogP contribution in [-0.4, -0.2) is 6.04 Å². The number of rotatable bonds is 4. The first kappa shape index (κ1) is 13.1. The van der Waals surface area contributed by atoms with Crippen LogP contribution >= 0.6 is 0 Å². The fraction of sp³-hybridized carbons (Fsp3) is 0.562. The van der Waals surface area contributed by atoms with Gasteiger partial charge in [-0.25, -0.2) is 0 Å². The minimum atomic E-state index is 0.314. The SMILES string of the molecule is CC(N[C@@H](C)C1CCCC1)c1cccc(C#N)c1. The van der Waals surface area contributed by atoms with Gasteiger partial charge in [0.2, 0.25) is 0 Å². The zero-order valence-electron chi connectivity index (χ0n) is 11.3. The molecule has 18 heavy (non-hydrogen) atoms. The second kappa shape index (κ2) is 6.02. The van der Waals surface area contributed by atoms with E-state index in [0.29, 0.717) is 12.1 Å². The highest BCUT2D eigenvalue weighted by Gasteiger charge is 2.22. The molecule has 1 aromatic rings. The first-order valence-electron chi connectivity index (χ1n) is 6.97. The third-order valence-corrected chi connectivity index (χ3v) is 4.14. The van der Waals surface area contributed by atoms with Crippen LogP contribution < -0.4 is 5.32 Å². The van der Waals surface area contributed by atoms with E-state index in [2.05, 4.69) is 31.3 Å². The van der Waals surface area contributed by atoms with Gasteiger partial charge in [0.25, 0.3) is 0 Å². The van der Waals surface area contributed by atoms with Crippen LogP contribution in [0.4, 0.5) is 0 Å². The minimum absolute atomic E-state index is 0.314. The van der Waals surface area contributed by atoms with Crippen LogP contribution in [0.25, 0.3) is 0 Å². The van der Waals surface area contributed by atoms with E-state index in [-0.39, 0.29) is 0 Å². The lowest BCUT2D eigenvalue weighted by atomic mass is 9.97. The van der Waals surface area contributed by atoms with Gasteiger partial charge in [-0.1, -0.05) is 25.0 Å². The molecule has 2 nitrogen and oxygen atoms in total. The van der Waals surface area contributed by atoms with Crippen LogP contribution in [0, 0.1) is 17.2 Å². The number of nitrogens with zero attached hydrogens (tertiary/aromatic N) is 1. The van der Waals surface area contributed by atoms with Gasteiger partial charge in [0.1, 0.15) is 0 Å². The summed E-state index contributed by atoms with van der Waals surface area (Å²) < 4.78 is 0. The van der Waals surface area contributed by atoms with Crippen LogP contribution in [0.3, 0.4) is 0 Å². The number of hydrogen-bond acceptors (Lipinski definition) is 2. The molecule has 1 fully saturated rings. The van der Waals surface area contributed by atoms with Crippen LogP contribution in [0.1, 0.15) is 56.7 Å². The van der Waals surface area contributed by atoms with Crippen molar-refractivity contribution >= 4 is 0 Å². The molecule has 1 aliphatic carbocycles. The zero-order chi connectivity index (χ0) is 13.0. The van der Waals surface area contributed by atoms with Gasteiger partial charge in [-0.2, -0.15) is 5.26 Å². The summed E-state index contributed by atoms with van der Waals surface area (Å²) in [6.07, 6.45) is 5.49. The molecular formula is C16H22N2. The van der Waals surface area contributed by atoms with Crippen LogP contribution in [0.15, 0.2) is 24.3 Å². The molecular weight excluding hydrogens is 220 g/mol. The number of nitrogens with one attached hydrogen (secondary N) is 1. The average molecular weight is 242 g/mol. The van der Waals surface area contributed by atoms with Crippen LogP contribution in [-0.2, 0) is 0 Å². The fourth-order valence-corrected chi connectivity index (χ4v) is 2.96. The van der Waals surface area contributed by atoms with Gasteiger partial charge in [-0.05, 0) is 50.3 Å². The highest BCUT2D eigenvalue weighted by atomic mass is 14.9. The first-order chi connectivity index (χ1) is 8.70. The van der Waals surface area contributed by atoms with Crippen molar-refractivity contribution in [3.8, 4) is 6.07 Å². The predicted octanol–water partition coefficient (Wildman–Crippen LogP) is 3.79. The van der Waals surface area contributed by atoms with E-state index in [9.17, 15) is 0 Å². The third kappa shape index (κ3) is 3.11. The van der Waals surface area contributed by atoms with E-state index in [1.54, 1.807) is 0 Å². The molecule has 0 radical (unpaired) electrons. The molecule has 1 aromatic carbocycles. The van der Waals surface area contributed by atoms with E-state index in [4.69, 9.17) is 5.26 Å². The Labute approximate surface area is 110 Å². The molecule has 2 heteroatoms. The van der Waals surface area contributed by atoms with Gasteiger partial charge in [0.05, 0.1) is 11.6 Å². The molecule has 0 saturated heterocycles. The van der Waals surface area contributed by atoms with Gasteiger partial charge in [0.15, 0.2) is 0 Å². The fourth-order valence-electron chi connectivity index (χ4n) is 2.96. The lowest BCUT2D eigenvalue weighted by Crippen LogP contribution is -2.34. The lowest BCUT2D eigenvalue weighted by Gasteiger charge is -2.25. The summed E-state index contributed by atoms with van der Waals surface area (Å²) in [5, 5.41) is 12.6. The number of benzene rings is 1. The van der Waals surface area contributed by atoms with Crippen molar-refractivity contribution in [1.82, 2.24) is 5.32 Å². The summed E-state index contributed by atoms with van der Waals surface area (Å²) in [5.74, 6) is 0.826. The molecule has 96 valence electrons. The summed E-state index contributed by atoms with van der Waals surface area (Å²) in [6, 6.07) is 11.0. The summed E-state index contributed by atoms with van der Waals surface area (Å²) in [7, 11) is 0. The maximum atomic E-state index is 8.93. The molecule has 0 spiro atoms. The molecule has 0 aliphatic heterocycles. The molecule has 1 unspecified atom stereocenters. The molecule has 0 bridgehead atoms. The Morgan fingerprint density at radius 1 is 1.28 bits per heavy atom. The summed E-state index contributed by atoms with van der Waals surface area (Å²) in [4.78, 5) is 0. The maximum Gasteiger partial charge on any atom is 0.0991 e. The largest absolute Gasteiger partial charge is 0.307 e. The Morgan fingerprint density at radius 3 is 2.67 bits per heavy atom. The van der Waals surface area contributed by atoms with Crippen molar-refractivity contribution in [1.29, 1.82) is 5.26 Å². The van der Waals surface area contributed by atoms with Crippen molar-refractivity contribution in [3.63, 3.8) is 0 Å². The van der Waals surface area contributed by atoms with E-state index in [1.807, 2.05) is 18.2 Å². The van der Waals surface area contributed by atoms with Gasteiger partial charge >= 0.3 is 0 Å². The molecule has 1 aliphatic rings. The monoisotopic (exact) mass is 242 g/mol. The lowest BCUT2D eigenvalue weighted by molar-refractivity contribution is 0.352. The van der Waals surface area contributed by atoms with E-state index < -0.39 is 0 Å². The molecule has 0 heterocycles. The third-order valence-electron chi connectivity index (χ3n) is 4.14. The highest BCUT2D eigenvalue weighted by Crippen LogP contribution is 2.28. The van der Waals surface area contributed by atoms with E-state index in [1.165, 1.54) is 31.2 Å². The molecule has 1 saturated carbocycles. The van der Waals surface area contributed by atoms with Crippen molar-refractivity contribution < 1.29 is 0 Å². The standard InChI is InChI=1S/C16H22N2/c1-12(15-7-3-4-8-15)18-13(2)16-9-5-6-14(10-16)11-17/h5-6,9-10,12-13,15,18H,3-4,7-8H2,1-2H3/t12-,13?/m0/s1. The van der Waals surface area contributed by atoms with Gasteiger partial charge in [-0.15, -0.1) is 0 Å². The molecule has 2 rings (SSSR count). The summed E-state index contributed by atoms with van der Waals surface area (Å²) in [5.41, 5.74) is 1.95. The second-order valence-corrected chi connectivity index (χ2v) is 5.46.